The Kier molecular flexibility index (Phi) is 45.2. The van der Waals surface area contributed by atoms with Crippen molar-refractivity contribution in [3.05, 3.63) is 0 Å². The zero-order valence-electron chi connectivity index (χ0n) is 16.1. The molecule has 0 spiro atoms. The van der Waals surface area contributed by atoms with Crippen molar-refractivity contribution in [2.75, 3.05) is 0 Å². The molecular weight excluding hydrogens is 295 g/mol. The molecule has 0 saturated heterocycles. The van der Waals surface area contributed by atoms with Gasteiger partial charge in [0.1, 0.15) is 0 Å². The van der Waals surface area contributed by atoms with Gasteiger partial charge >= 0.3 is 17.4 Å². The van der Waals surface area contributed by atoms with Crippen LogP contribution in [0, 0.1) is 0 Å². The van der Waals surface area contributed by atoms with Crippen molar-refractivity contribution >= 4 is 17.4 Å². The number of rotatable bonds is 5. The van der Waals surface area contributed by atoms with Gasteiger partial charge in [-0.1, -0.05) is 74.7 Å². The van der Waals surface area contributed by atoms with Gasteiger partial charge in [0.15, 0.2) is 0 Å². The maximum atomic E-state index is 9.53. The van der Waals surface area contributed by atoms with Gasteiger partial charge in [-0.2, -0.15) is 0 Å². The Balaban J connectivity index is -0.0000000632. The topological polar surface area (TPSA) is 89.4 Å². The van der Waals surface area contributed by atoms with Crippen LogP contribution in [0.5, 0.6) is 0 Å². The molecular formula is C17H39AlO4. The van der Waals surface area contributed by atoms with Crippen molar-refractivity contribution in [2.45, 2.75) is 112 Å². The molecule has 0 aromatic rings. The fourth-order valence-electron chi connectivity index (χ4n) is 0.834. The summed E-state index contributed by atoms with van der Waals surface area (Å²) >= 11 is 0. The summed E-state index contributed by atoms with van der Waals surface area (Å²) in [5.74, 6) is 0. The molecule has 0 aromatic heterocycles. The first kappa shape index (κ1) is 33.9. The van der Waals surface area contributed by atoms with Crippen LogP contribution in [-0.4, -0.2) is 46.9 Å². The molecule has 0 radical (unpaired) electrons. The van der Waals surface area contributed by atoms with E-state index in [9.17, 15) is 15.3 Å². The van der Waals surface area contributed by atoms with E-state index in [1.165, 1.54) is 19.3 Å². The third kappa shape index (κ3) is 141. The van der Waals surface area contributed by atoms with Crippen LogP contribution in [0.15, 0.2) is 0 Å². The average Bonchev–Trinajstić information content (AvgIpc) is 2.26. The van der Waals surface area contributed by atoms with Gasteiger partial charge in [-0.3, -0.25) is 0 Å². The van der Waals surface area contributed by atoms with Crippen LogP contribution in [-0.2, 0) is 0 Å². The van der Waals surface area contributed by atoms with E-state index >= 15 is 0 Å². The average molecular weight is 334 g/mol. The molecule has 1 N–H and O–H groups in total. The normalized spacial score (nSPS) is 10.5. The van der Waals surface area contributed by atoms with Crippen LogP contribution in [0.2, 0.25) is 0 Å². The van der Waals surface area contributed by atoms with Crippen LogP contribution in [0.3, 0.4) is 0 Å². The Bertz CT molecular complexity index is 131. The Morgan fingerprint density at radius 1 is 0.727 bits per heavy atom. The van der Waals surface area contributed by atoms with Crippen molar-refractivity contribution in [3.8, 4) is 0 Å². The van der Waals surface area contributed by atoms with Gasteiger partial charge in [-0.25, -0.2) is 0 Å². The second-order valence-corrected chi connectivity index (χ2v) is 5.70. The fraction of sp³-hybridized carbons (Fsp3) is 1.00. The zero-order valence-corrected chi connectivity index (χ0v) is 17.2. The van der Waals surface area contributed by atoms with Gasteiger partial charge in [0.05, 0.1) is 6.10 Å². The third-order valence-electron chi connectivity index (χ3n) is 1.61. The van der Waals surface area contributed by atoms with Crippen molar-refractivity contribution in [1.82, 2.24) is 0 Å². The molecule has 0 heterocycles. The van der Waals surface area contributed by atoms with Gasteiger partial charge in [-0.15, -0.1) is 18.3 Å². The van der Waals surface area contributed by atoms with Crippen molar-refractivity contribution in [2.24, 2.45) is 0 Å². The molecule has 1 atom stereocenters. The SMILES string of the molecule is CC(C)[O-].CC(C)[O-].CC(C)[O-].CCCCCC(O)CC.[Al+3]. The van der Waals surface area contributed by atoms with Crippen molar-refractivity contribution < 1.29 is 20.4 Å². The summed E-state index contributed by atoms with van der Waals surface area (Å²) in [5, 5.41) is 37.7. The molecule has 0 amide bonds. The fourth-order valence-corrected chi connectivity index (χ4v) is 0.834. The molecule has 0 aliphatic heterocycles. The summed E-state index contributed by atoms with van der Waals surface area (Å²) in [5.41, 5.74) is 0. The first-order valence-corrected chi connectivity index (χ1v) is 8.16. The number of unbranched alkanes of at least 4 members (excludes halogenated alkanes) is 2. The molecule has 4 nitrogen and oxygen atoms in total. The van der Waals surface area contributed by atoms with Gasteiger partial charge in [-0.05, 0) is 12.8 Å². The van der Waals surface area contributed by atoms with Crippen LogP contribution >= 0.6 is 0 Å². The molecule has 0 saturated carbocycles. The van der Waals surface area contributed by atoms with E-state index in [2.05, 4.69) is 6.92 Å². The predicted molar refractivity (Wildman–Crippen MR) is 91.6 cm³/mol. The summed E-state index contributed by atoms with van der Waals surface area (Å²) < 4.78 is 0. The molecule has 0 bridgehead atoms. The summed E-state index contributed by atoms with van der Waals surface area (Å²) in [6.45, 7) is 13.9. The molecule has 0 rings (SSSR count). The molecule has 0 fully saturated rings. The third-order valence-corrected chi connectivity index (χ3v) is 1.61. The maximum absolute atomic E-state index is 9.53. The van der Waals surface area contributed by atoms with E-state index in [-0.39, 0.29) is 23.5 Å². The molecule has 5 heteroatoms. The van der Waals surface area contributed by atoms with Gasteiger partial charge in [0, 0.05) is 0 Å². The second kappa shape index (κ2) is 29.4. The zero-order chi connectivity index (χ0) is 17.8. The van der Waals surface area contributed by atoms with E-state index in [0.29, 0.717) is 0 Å². The van der Waals surface area contributed by atoms with E-state index in [0.717, 1.165) is 12.8 Å². The van der Waals surface area contributed by atoms with Crippen molar-refractivity contribution in [1.29, 1.82) is 0 Å². The minimum absolute atomic E-state index is 0. The predicted octanol–water partition coefficient (Wildman–Crippen LogP) is 1.22. The van der Waals surface area contributed by atoms with Crippen LogP contribution in [0.4, 0.5) is 0 Å². The molecule has 22 heavy (non-hydrogen) atoms. The minimum atomic E-state index is -0.417. The van der Waals surface area contributed by atoms with Gasteiger partial charge in [0.2, 0.25) is 0 Å². The second-order valence-electron chi connectivity index (χ2n) is 5.70. The van der Waals surface area contributed by atoms with E-state index < -0.39 is 18.3 Å². The van der Waals surface area contributed by atoms with Crippen LogP contribution in [0.1, 0.15) is 87.5 Å². The molecule has 0 aromatic carbocycles. The monoisotopic (exact) mass is 334 g/mol. The Hall–Kier alpha value is 0.372. The summed E-state index contributed by atoms with van der Waals surface area (Å²) in [7, 11) is 0. The molecule has 134 valence electrons. The van der Waals surface area contributed by atoms with Crippen molar-refractivity contribution in [3.63, 3.8) is 0 Å². The summed E-state index contributed by atoms with van der Waals surface area (Å²) in [4.78, 5) is 0. The van der Waals surface area contributed by atoms with Crippen LogP contribution in [0.25, 0.3) is 0 Å². The number of hydrogen-bond acceptors (Lipinski definition) is 4. The van der Waals surface area contributed by atoms with Gasteiger partial charge < -0.3 is 20.4 Å². The molecule has 1 unspecified atom stereocenters. The van der Waals surface area contributed by atoms with E-state index in [4.69, 9.17) is 5.11 Å². The standard InChI is InChI=1S/C8H18O.3C3H7O.Al/c1-3-5-6-7-8(9)4-2;3*1-3(2)4;/h8-9H,3-7H2,1-2H3;3*3H,1-2H3;/q;3*-1;+3. The van der Waals surface area contributed by atoms with Crippen LogP contribution < -0.4 is 15.3 Å². The number of hydrogen-bond donors (Lipinski definition) is 1. The minimum Gasteiger partial charge on any atom is -0.852 e. The Morgan fingerprint density at radius 3 is 1.18 bits per heavy atom. The largest absolute Gasteiger partial charge is 3.00 e. The first-order valence-electron chi connectivity index (χ1n) is 8.16. The Morgan fingerprint density at radius 2 is 1.00 bits per heavy atom. The smallest absolute Gasteiger partial charge is 0.852 e. The quantitative estimate of drug-likeness (QED) is 0.605. The maximum Gasteiger partial charge on any atom is 3.00 e. The van der Waals surface area contributed by atoms with E-state index in [1.54, 1.807) is 41.5 Å². The molecule has 0 aliphatic carbocycles. The summed E-state index contributed by atoms with van der Waals surface area (Å²) in [6, 6.07) is 0. The number of aliphatic hydroxyl groups is 1. The number of aliphatic hydroxyl groups excluding tert-OH is 1. The van der Waals surface area contributed by atoms with E-state index in [1.807, 2.05) is 6.92 Å². The Labute approximate surface area is 150 Å². The van der Waals surface area contributed by atoms with Gasteiger partial charge in [0.25, 0.3) is 0 Å². The summed E-state index contributed by atoms with van der Waals surface area (Å²) in [6.07, 6.45) is 4.30. The first-order chi connectivity index (χ1) is 9.50. The molecule has 0 aliphatic rings.